The summed E-state index contributed by atoms with van der Waals surface area (Å²) in [7, 11) is 0. The fraction of sp³-hybridized carbons (Fsp3) is 0.279. The summed E-state index contributed by atoms with van der Waals surface area (Å²) in [5, 5.41) is 2.12. The molecule has 2 fully saturated rings. The number of imidazole rings is 1. The number of fused-ring (bicyclic) bond motifs is 3. The van der Waals surface area contributed by atoms with E-state index in [0.29, 0.717) is 11.6 Å². The third-order valence-electron chi connectivity index (χ3n) is 10.6. The molecule has 5 nitrogen and oxygen atoms in total. The fourth-order valence-electron chi connectivity index (χ4n) is 8.19. The molecule has 0 amide bonds. The van der Waals surface area contributed by atoms with Gasteiger partial charge in [-0.2, -0.15) is 0 Å². The molecule has 4 aromatic heterocycles. The Hall–Kier alpha value is -4.38. The van der Waals surface area contributed by atoms with Crippen LogP contribution in [0.15, 0.2) is 95.0 Å². The van der Waals surface area contributed by atoms with Gasteiger partial charge in [0.2, 0.25) is 5.71 Å². The summed E-state index contributed by atoms with van der Waals surface area (Å²) in [5.41, 5.74) is 12.1. The average Bonchev–Trinajstić information content (AvgIpc) is 3.96. The van der Waals surface area contributed by atoms with Crippen molar-refractivity contribution < 1.29 is 24.5 Å². The first-order valence-corrected chi connectivity index (χ1v) is 17.5. The van der Waals surface area contributed by atoms with Crippen LogP contribution in [0.3, 0.4) is 0 Å². The number of furan rings is 1. The quantitative estimate of drug-likeness (QED) is 0.166. The van der Waals surface area contributed by atoms with Crippen molar-refractivity contribution in [3.05, 3.63) is 120 Å². The van der Waals surface area contributed by atoms with Crippen molar-refractivity contribution in [1.82, 2.24) is 19.5 Å². The normalized spacial score (nSPS) is 16.1. The first-order valence-electron chi connectivity index (χ1n) is 17.5. The van der Waals surface area contributed by atoms with Crippen molar-refractivity contribution in [3.8, 4) is 22.6 Å². The molecule has 3 aliphatic rings. The summed E-state index contributed by atoms with van der Waals surface area (Å²) in [5.74, 6) is 2.48. The van der Waals surface area contributed by atoms with E-state index < -0.39 is 0 Å². The van der Waals surface area contributed by atoms with Crippen LogP contribution in [0.5, 0.6) is 0 Å². The molecular weight excluding hydrogens is 781 g/mol. The van der Waals surface area contributed by atoms with Crippen molar-refractivity contribution in [2.45, 2.75) is 70.8 Å². The van der Waals surface area contributed by atoms with E-state index in [9.17, 15) is 0 Å². The third-order valence-corrected chi connectivity index (χ3v) is 10.6. The molecule has 3 aromatic carbocycles. The summed E-state index contributed by atoms with van der Waals surface area (Å²) in [6.45, 7) is 2.96. The van der Waals surface area contributed by atoms with Crippen LogP contribution in [0.1, 0.15) is 74.1 Å². The van der Waals surface area contributed by atoms with Gasteiger partial charge in [0.05, 0.1) is 22.4 Å². The Balaban J connectivity index is 0.000000140. The molecule has 0 bridgehead atoms. The summed E-state index contributed by atoms with van der Waals surface area (Å²) in [4.78, 5) is 14.0. The van der Waals surface area contributed by atoms with Gasteiger partial charge in [-0.15, -0.1) is 54.1 Å². The average molecular weight is 819 g/mol. The zero-order chi connectivity index (χ0) is 32.0. The number of rotatable bonds is 4. The number of benzene rings is 3. The first kappa shape index (κ1) is 31.9. The van der Waals surface area contributed by atoms with Gasteiger partial charge in [0.15, 0.2) is 0 Å². The van der Waals surface area contributed by atoms with E-state index in [4.69, 9.17) is 9.40 Å². The summed E-state index contributed by atoms with van der Waals surface area (Å²) >= 11 is 0. The van der Waals surface area contributed by atoms with Crippen LogP contribution >= 0.6 is 0 Å². The smallest absolute Gasteiger partial charge is 0.216 e. The Labute approximate surface area is 300 Å². The molecule has 1 aliphatic heterocycles. The molecule has 10 rings (SSSR count). The van der Waals surface area contributed by atoms with E-state index in [2.05, 4.69) is 81.3 Å². The Morgan fingerprint density at radius 1 is 0.796 bits per heavy atom. The first-order chi connectivity index (χ1) is 23.7. The van der Waals surface area contributed by atoms with Crippen molar-refractivity contribution in [1.29, 1.82) is 0 Å². The molecule has 247 valence electrons. The summed E-state index contributed by atoms with van der Waals surface area (Å²) < 4.78 is 8.51. The molecule has 7 aromatic rings. The Kier molecular flexibility index (Phi) is 8.78. The molecule has 0 spiro atoms. The molecule has 5 heterocycles. The molecule has 0 N–H and O–H groups in total. The van der Waals surface area contributed by atoms with Crippen LogP contribution in [0.4, 0.5) is 0 Å². The minimum absolute atomic E-state index is 0. The second-order valence-corrected chi connectivity index (χ2v) is 13.7. The molecule has 49 heavy (non-hydrogen) atoms. The standard InChI is InChI=1S/C22H19N2O.C21H19N2.Ir/c1-14-9-10-18-17-7-4-8-19(21(17)25-22(18)24-14)20-13-16(11-12-23-20)15-5-2-3-6-15;1-2-9-16(10-3-1)21-22-19-12-6-11-17-13-18(14-23(21)20(17)19)15-7-4-5-8-15;/h4,7,9-13,15H,2-3,5-6H2,1H3;1-3,6,9,11-13,15H,4-5,7-8,14H2;/q2*-1;. The topological polar surface area (TPSA) is 56.7 Å². The molecule has 2 saturated carbocycles. The van der Waals surface area contributed by atoms with E-state index in [1.165, 1.54) is 68.0 Å². The maximum Gasteiger partial charge on any atom is 0.216 e. The van der Waals surface area contributed by atoms with Crippen LogP contribution in [0.2, 0.25) is 0 Å². The van der Waals surface area contributed by atoms with Crippen LogP contribution in [-0.2, 0) is 26.7 Å². The van der Waals surface area contributed by atoms with Gasteiger partial charge in [0, 0.05) is 43.9 Å². The molecule has 0 atom stereocenters. The molecule has 0 saturated heterocycles. The number of aromatic nitrogens is 4. The van der Waals surface area contributed by atoms with Gasteiger partial charge in [-0.1, -0.05) is 66.5 Å². The van der Waals surface area contributed by atoms with Crippen LogP contribution in [0, 0.1) is 25.0 Å². The van der Waals surface area contributed by atoms with Gasteiger partial charge in [0.25, 0.3) is 0 Å². The van der Waals surface area contributed by atoms with Crippen molar-refractivity contribution >= 4 is 39.2 Å². The van der Waals surface area contributed by atoms with Gasteiger partial charge in [-0.05, 0) is 85.5 Å². The van der Waals surface area contributed by atoms with Crippen LogP contribution in [0.25, 0.3) is 61.8 Å². The van der Waals surface area contributed by atoms with Gasteiger partial charge in [-0.3, -0.25) is 4.98 Å². The number of pyridine rings is 2. The number of hydrogen-bond donors (Lipinski definition) is 0. The van der Waals surface area contributed by atoms with Gasteiger partial charge in [-0.25, -0.2) is 4.98 Å². The SMILES string of the molecule is Cc1ccc2c(n1)oc1c(-c3cc(C4CCCC4)ccn3)[c-]ccc12.[Ir].[c-]1ccccc1-c1nc2cccc3c2n1CC(C1CCCC1)=C3. The largest absolute Gasteiger partial charge is 0.486 e. The maximum absolute atomic E-state index is 6.10. The van der Waals surface area contributed by atoms with Gasteiger partial charge in [0.1, 0.15) is 0 Å². The Morgan fingerprint density at radius 3 is 2.45 bits per heavy atom. The molecule has 0 unspecified atom stereocenters. The number of aryl methyl sites for hydroxylation is 1. The van der Waals surface area contributed by atoms with E-state index in [-0.39, 0.29) is 20.1 Å². The second kappa shape index (κ2) is 13.5. The maximum atomic E-state index is 6.10. The van der Waals surface area contributed by atoms with Gasteiger partial charge < -0.3 is 14.0 Å². The Bertz CT molecular complexity index is 2310. The Morgan fingerprint density at radius 2 is 1.63 bits per heavy atom. The summed E-state index contributed by atoms with van der Waals surface area (Å²) in [6, 6.07) is 33.8. The van der Waals surface area contributed by atoms with Crippen LogP contribution in [-0.4, -0.2) is 19.5 Å². The predicted molar refractivity (Wildman–Crippen MR) is 193 cm³/mol. The molecule has 2 aliphatic carbocycles. The number of para-hydroxylation sites is 1. The van der Waals surface area contributed by atoms with Crippen molar-refractivity contribution in [3.63, 3.8) is 0 Å². The van der Waals surface area contributed by atoms with E-state index in [0.717, 1.165) is 62.7 Å². The molecular formula is C43H38IrN4O-2. The van der Waals surface area contributed by atoms with Crippen molar-refractivity contribution in [2.24, 2.45) is 5.92 Å². The number of hydrogen-bond acceptors (Lipinski definition) is 4. The number of allylic oxidation sites excluding steroid dienone is 1. The fourth-order valence-corrected chi connectivity index (χ4v) is 8.19. The third kappa shape index (κ3) is 5.96. The zero-order valence-electron chi connectivity index (χ0n) is 27.7. The predicted octanol–water partition coefficient (Wildman–Crippen LogP) is 10.9. The van der Waals surface area contributed by atoms with Crippen molar-refractivity contribution in [2.75, 3.05) is 0 Å². The second-order valence-electron chi connectivity index (χ2n) is 13.7. The van der Waals surface area contributed by atoms with E-state index in [1.807, 2.05) is 43.5 Å². The molecule has 6 heteroatoms. The number of nitrogens with zero attached hydrogens (tertiary/aromatic N) is 4. The monoisotopic (exact) mass is 819 g/mol. The van der Waals surface area contributed by atoms with Gasteiger partial charge >= 0.3 is 0 Å². The van der Waals surface area contributed by atoms with E-state index >= 15 is 0 Å². The minimum Gasteiger partial charge on any atom is -0.486 e. The summed E-state index contributed by atoms with van der Waals surface area (Å²) in [6.07, 6.45) is 15.0. The zero-order valence-corrected chi connectivity index (χ0v) is 30.1. The molecule has 1 radical (unpaired) electrons. The van der Waals surface area contributed by atoms with Crippen LogP contribution < -0.4 is 0 Å². The minimum atomic E-state index is 0. The van der Waals surface area contributed by atoms with E-state index in [1.54, 1.807) is 5.57 Å².